The van der Waals surface area contributed by atoms with Crippen LogP contribution in [-0.2, 0) is 0 Å². The Kier molecular flexibility index (Phi) is 3.75. The van der Waals surface area contributed by atoms with Crippen LogP contribution in [0.3, 0.4) is 0 Å². The van der Waals surface area contributed by atoms with Crippen LogP contribution in [0.4, 0.5) is 4.79 Å². The van der Waals surface area contributed by atoms with Crippen molar-refractivity contribution < 1.29 is 9.90 Å². The Labute approximate surface area is 85.3 Å². The molecule has 1 aliphatic rings. The van der Waals surface area contributed by atoms with Gasteiger partial charge in [0.2, 0.25) is 0 Å². The largest absolute Gasteiger partial charge is 0.391 e. The molecule has 82 valence electrons. The molecule has 0 unspecified atom stereocenters. The number of nitrogens with one attached hydrogen (secondary N) is 1. The first-order valence-corrected chi connectivity index (χ1v) is 5.20. The number of carbonyl (C=O) groups excluding carboxylic acids is 1. The summed E-state index contributed by atoms with van der Waals surface area (Å²) in [7, 11) is 1.71. The van der Waals surface area contributed by atoms with Crippen molar-refractivity contribution in [3.05, 3.63) is 0 Å². The van der Waals surface area contributed by atoms with E-state index in [4.69, 9.17) is 0 Å². The van der Waals surface area contributed by atoms with Gasteiger partial charge in [0, 0.05) is 19.6 Å². The van der Waals surface area contributed by atoms with E-state index < -0.39 is 0 Å². The molecule has 0 aromatic heterocycles. The molecule has 0 aliphatic heterocycles. The van der Waals surface area contributed by atoms with Gasteiger partial charge in [0.1, 0.15) is 0 Å². The molecule has 1 fully saturated rings. The highest BCUT2D eigenvalue weighted by atomic mass is 16.3. The number of aliphatic hydroxyl groups excluding tert-OH is 1. The quantitative estimate of drug-likeness (QED) is 0.705. The van der Waals surface area contributed by atoms with Crippen molar-refractivity contribution in [2.24, 2.45) is 5.92 Å². The Hall–Kier alpha value is -0.770. The number of hydrogen-bond donors (Lipinski definition) is 2. The number of aliphatic hydroxyl groups is 1. The van der Waals surface area contributed by atoms with Crippen LogP contribution in [0, 0.1) is 5.92 Å². The van der Waals surface area contributed by atoms with E-state index in [1.54, 1.807) is 11.9 Å². The monoisotopic (exact) mass is 200 g/mol. The fourth-order valence-corrected chi connectivity index (χ4v) is 1.35. The van der Waals surface area contributed by atoms with Gasteiger partial charge in [0.15, 0.2) is 0 Å². The van der Waals surface area contributed by atoms with Crippen LogP contribution in [0.1, 0.15) is 26.7 Å². The van der Waals surface area contributed by atoms with Crippen molar-refractivity contribution in [3.8, 4) is 0 Å². The minimum atomic E-state index is -0.349. The third-order valence-corrected chi connectivity index (χ3v) is 2.39. The number of carbonyl (C=O) groups is 1. The molecule has 0 bridgehead atoms. The topological polar surface area (TPSA) is 52.6 Å². The molecule has 0 aromatic rings. The van der Waals surface area contributed by atoms with Gasteiger partial charge in [-0.1, -0.05) is 0 Å². The van der Waals surface area contributed by atoms with Gasteiger partial charge in [-0.3, -0.25) is 0 Å². The smallest absolute Gasteiger partial charge is 0.317 e. The summed E-state index contributed by atoms with van der Waals surface area (Å²) in [5.41, 5.74) is 0. The predicted octanol–water partition coefficient (Wildman–Crippen LogP) is 0.807. The summed E-state index contributed by atoms with van der Waals surface area (Å²) in [6, 6.07) is 0.0303. The summed E-state index contributed by atoms with van der Waals surface area (Å²) in [6.45, 7) is 4.27. The maximum Gasteiger partial charge on any atom is 0.317 e. The van der Waals surface area contributed by atoms with Crippen LogP contribution >= 0.6 is 0 Å². The maximum atomic E-state index is 11.4. The Balaban J connectivity index is 2.25. The lowest BCUT2D eigenvalue weighted by Crippen LogP contribution is -2.44. The van der Waals surface area contributed by atoms with Gasteiger partial charge >= 0.3 is 6.03 Å². The van der Waals surface area contributed by atoms with Crippen molar-refractivity contribution in [1.82, 2.24) is 10.2 Å². The lowest BCUT2D eigenvalue weighted by Gasteiger charge is -2.22. The second-order valence-corrected chi connectivity index (χ2v) is 4.39. The molecule has 14 heavy (non-hydrogen) atoms. The van der Waals surface area contributed by atoms with E-state index in [2.05, 4.69) is 5.32 Å². The number of rotatable bonds is 4. The van der Waals surface area contributed by atoms with Gasteiger partial charge in [-0.25, -0.2) is 4.79 Å². The molecule has 1 aliphatic carbocycles. The molecule has 0 heterocycles. The molecule has 1 atom stereocenters. The van der Waals surface area contributed by atoms with E-state index in [0.717, 1.165) is 12.8 Å². The first kappa shape index (κ1) is 11.3. The number of likely N-dealkylation sites (N-methyl/N-ethyl adjacent to an activating group) is 1. The summed E-state index contributed by atoms with van der Waals surface area (Å²) in [5, 5.41) is 12.4. The maximum absolute atomic E-state index is 11.4. The van der Waals surface area contributed by atoms with Crippen molar-refractivity contribution in [3.63, 3.8) is 0 Å². The zero-order chi connectivity index (χ0) is 10.7. The van der Waals surface area contributed by atoms with Gasteiger partial charge in [0.05, 0.1) is 6.10 Å². The third kappa shape index (κ3) is 3.54. The van der Waals surface area contributed by atoms with Crippen LogP contribution in [0.25, 0.3) is 0 Å². The summed E-state index contributed by atoms with van der Waals surface area (Å²) in [4.78, 5) is 13.0. The molecule has 0 saturated heterocycles. The zero-order valence-electron chi connectivity index (χ0n) is 9.16. The minimum absolute atomic E-state index is 0.111. The summed E-state index contributed by atoms with van der Waals surface area (Å²) in [6.07, 6.45) is 1.85. The van der Waals surface area contributed by atoms with Crippen molar-refractivity contribution in [2.45, 2.75) is 38.8 Å². The van der Waals surface area contributed by atoms with E-state index >= 15 is 0 Å². The van der Waals surface area contributed by atoms with Crippen molar-refractivity contribution in [1.29, 1.82) is 0 Å². The summed E-state index contributed by atoms with van der Waals surface area (Å²) < 4.78 is 0. The van der Waals surface area contributed by atoms with Gasteiger partial charge in [0.25, 0.3) is 0 Å². The zero-order valence-corrected chi connectivity index (χ0v) is 9.16. The molecule has 4 heteroatoms. The van der Waals surface area contributed by atoms with Crippen LogP contribution in [-0.4, -0.2) is 41.8 Å². The van der Waals surface area contributed by atoms with Crippen LogP contribution in [0.5, 0.6) is 0 Å². The molecule has 0 spiro atoms. The number of nitrogens with zero attached hydrogens (tertiary/aromatic N) is 1. The SMILES string of the molecule is CC(C)NC(=O)N(C)C[C@H](O)C1CC1. The van der Waals surface area contributed by atoms with Crippen LogP contribution < -0.4 is 5.32 Å². The second-order valence-electron chi connectivity index (χ2n) is 4.39. The molecular formula is C10H20N2O2. The standard InChI is InChI=1S/C10H20N2O2/c1-7(2)11-10(14)12(3)6-9(13)8-4-5-8/h7-9,13H,4-6H2,1-3H3,(H,11,14)/t9-/m0/s1. The van der Waals surface area contributed by atoms with Crippen LogP contribution in [0.2, 0.25) is 0 Å². The molecule has 0 aromatic carbocycles. The molecule has 2 N–H and O–H groups in total. The lowest BCUT2D eigenvalue weighted by molar-refractivity contribution is 0.113. The van der Waals surface area contributed by atoms with Gasteiger partial charge in [-0.15, -0.1) is 0 Å². The fraction of sp³-hybridized carbons (Fsp3) is 0.900. The van der Waals surface area contributed by atoms with Crippen LogP contribution in [0.15, 0.2) is 0 Å². The Bertz CT molecular complexity index is 202. The molecule has 1 rings (SSSR count). The average Bonchev–Trinajstić information content (AvgIpc) is 2.84. The lowest BCUT2D eigenvalue weighted by atomic mass is 10.2. The Morgan fingerprint density at radius 1 is 1.57 bits per heavy atom. The van der Waals surface area contributed by atoms with Gasteiger partial charge in [-0.05, 0) is 32.6 Å². The van der Waals surface area contributed by atoms with E-state index in [0.29, 0.717) is 12.5 Å². The van der Waals surface area contributed by atoms with Crippen molar-refractivity contribution in [2.75, 3.05) is 13.6 Å². The normalized spacial score (nSPS) is 18.1. The molecule has 4 nitrogen and oxygen atoms in total. The van der Waals surface area contributed by atoms with E-state index in [9.17, 15) is 9.90 Å². The highest BCUT2D eigenvalue weighted by Gasteiger charge is 2.31. The number of amides is 2. The predicted molar refractivity (Wildman–Crippen MR) is 55.0 cm³/mol. The fourth-order valence-electron chi connectivity index (χ4n) is 1.35. The molecular weight excluding hydrogens is 180 g/mol. The first-order chi connectivity index (χ1) is 6.50. The first-order valence-electron chi connectivity index (χ1n) is 5.20. The Morgan fingerprint density at radius 2 is 2.14 bits per heavy atom. The number of urea groups is 1. The highest BCUT2D eigenvalue weighted by molar-refractivity contribution is 5.74. The van der Waals surface area contributed by atoms with Gasteiger partial charge < -0.3 is 15.3 Å². The van der Waals surface area contributed by atoms with E-state index in [-0.39, 0.29) is 18.2 Å². The average molecular weight is 200 g/mol. The molecule has 1 saturated carbocycles. The van der Waals surface area contributed by atoms with Crippen molar-refractivity contribution >= 4 is 6.03 Å². The molecule has 2 amide bonds. The Morgan fingerprint density at radius 3 is 2.57 bits per heavy atom. The van der Waals surface area contributed by atoms with Gasteiger partial charge in [-0.2, -0.15) is 0 Å². The third-order valence-electron chi connectivity index (χ3n) is 2.39. The number of hydrogen-bond acceptors (Lipinski definition) is 2. The highest BCUT2D eigenvalue weighted by Crippen LogP contribution is 2.32. The molecule has 0 radical (unpaired) electrons. The summed E-state index contributed by atoms with van der Waals surface area (Å²) in [5.74, 6) is 0.421. The van der Waals surface area contributed by atoms with E-state index in [1.807, 2.05) is 13.8 Å². The second kappa shape index (κ2) is 4.64. The summed E-state index contributed by atoms with van der Waals surface area (Å²) >= 11 is 0. The van der Waals surface area contributed by atoms with E-state index in [1.165, 1.54) is 0 Å². The minimum Gasteiger partial charge on any atom is -0.391 e.